The van der Waals surface area contributed by atoms with E-state index < -0.39 is 21.7 Å². The number of benzene rings is 2. The van der Waals surface area contributed by atoms with Gasteiger partial charge in [-0.15, -0.1) is 0 Å². The minimum absolute atomic E-state index is 0.0889. The molecule has 2 rings (SSSR count). The summed E-state index contributed by atoms with van der Waals surface area (Å²) >= 11 is 0. The molecular weight excluding hydrogens is 347 g/mol. The molecule has 6 nitrogen and oxygen atoms in total. The highest BCUT2D eigenvalue weighted by molar-refractivity contribution is 7.93. The Labute approximate surface area is 145 Å². The minimum atomic E-state index is -4.04. The van der Waals surface area contributed by atoms with E-state index in [9.17, 15) is 22.9 Å². The van der Waals surface area contributed by atoms with Gasteiger partial charge >= 0.3 is 0 Å². The van der Waals surface area contributed by atoms with Crippen molar-refractivity contribution in [3.8, 4) is 11.8 Å². The monoisotopic (exact) mass is 362 g/mol. The number of methoxy groups -OCH3 is 1. The van der Waals surface area contributed by atoms with Gasteiger partial charge in [-0.25, -0.2) is 17.1 Å². The van der Waals surface area contributed by atoms with E-state index in [2.05, 4.69) is 0 Å². The zero-order chi connectivity index (χ0) is 18.6. The summed E-state index contributed by atoms with van der Waals surface area (Å²) in [5.41, 5.74) is -0.350. The summed E-state index contributed by atoms with van der Waals surface area (Å²) in [6.07, 6.45) is 0. The van der Waals surface area contributed by atoms with Crippen molar-refractivity contribution in [3.05, 3.63) is 59.4 Å². The summed E-state index contributed by atoms with van der Waals surface area (Å²) in [7, 11) is -2.58. The van der Waals surface area contributed by atoms with Crippen LogP contribution in [0.15, 0.2) is 42.5 Å². The molecular formula is C17H15FN2O4S. The van der Waals surface area contributed by atoms with Crippen LogP contribution in [0.4, 0.5) is 10.1 Å². The molecule has 0 heterocycles. The maximum Gasteiger partial charge on any atom is 0.272 e. The van der Waals surface area contributed by atoms with E-state index in [1.54, 1.807) is 6.07 Å². The molecule has 0 unspecified atom stereocenters. The lowest BCUT2D eigenvalue weighted by molar-refractivity contribution is 0.101. The van der Waals surface area contributed by atoms with Crippen LogP contribution < -0.4 is 9.04 Å². The van der Waals surface area contributed by atoms with Crippen LogP contribution in [-0.2, 0) is 10.0 Å². The van der Waals surface area contributed by atoms with E-state index in [0.717, 1.165) is 18.2 Å². The Morgan fingerprint density at radius 2 is 1.88 bits per heavy atom. The van der Waals surface area contributed by atoms with Crippen LogP contribution in [0.1, 0.15) is 22.8 Å². The molecule has 0 radical (unpaired) electrons. The van der Waals surface area contributed by atoms with Gasteiger partial charge in [0, 0.05) is 5.56 Å². The number of sulfonamides is 1. The molecule has 1 amide bonds. The Hall–Kier alpha value is -2.92. The number of halogens is 1. The summed E-state index contributed by atoms with van der Waals surface area (Å²) < 4.78 is 43.8. The second-order valence-electron chi connectivity index (χ2n) is 4.97. The molecule has 0 N–H and O–H groups in total. The first-order chi connectivity index (χ1) is 11.8. The number of rotatable bonds is 5. The van der Waals surface area contributed by atoms with E-state index in [4.69, 9.17) is 4.74 Å². The van der Waals surface area contributed by atoms with Crippen LogP contribution in [0.5, 0.6) is 5.75 Å². The van der Waals surface area contributed by atoms with Crippen LogP contribution in [-0.4, -0.2) is 27.2 Å². The summed E-state index contributed by atoms with van der Waals surface area (Å²) in [6, 6.07) is 10.5. The molecule has 0 fully saturated rings. The Balaban J connectivity index is 2.62. The van der Waals surface area contributed by atoms with Gasteiger partial charge in [0.05, 0.1) is 24.1 Å². The number of nitrogens with zero attached hydrogens (tertiary/aromatic N) is 2. The molecule has 0 bridgehead atoms. The predicted molar refractivity (Wildman–Crippen MR) is 90.4 cm³/mol. The van der Waals surface area contributed by atoms with Gasteiger partial charge in [-0.2, -0.15) is 5.26 Å². The molecule has 8 heteroatoms. The number of anilines is 1. The average molecular weight is 362 g/mol. The molecule has 0 atom stereocenters. The summed E-state index contributed by atoms with van der Waals surface area (Å²) in [5.74, 6) is -1.41. The van der Waals surface area contributed by atoms with Crippen molar-refractivity contribution < 1.29 is 22.3 Å². The molecule has 0 aliphatic heterocycles. The normalized spacial score (nSPS) is 10.8. The fourth-order valence-electron chi connectivity index (χ4n) is 2.14. The van der Waals surface area contributed by atoms with Crippen LogP contribution in [0.25, 0.3) is 0 Å². The van der Waals surface area contributed by atoms with Gasteiger partial charge in [0.2, 0.25) is 10.0 Å². The number of hydrogen-bond donors (Lipinski definition) is 0. The van der Waals surface area contributed by atoms with E-state index in [0.29, 0.717) is 10.1 Å². The van der Waals surface area contributed by atoms with Gasteiger partial charge in [-0.05, 0) is 49.4 Å². The summed E-state index contributed by atoms with van der Waals surface area (Å²) in [6.45, 7) is 1.37. The van der Waals surface area contributed by atoms with Crippen molar-refractivity contribution >= 4 is 21.6 Å². The smallest absolute Gasteiger partial charge is 0.272 e. The fraction of sp³-hybridized carbons (Fsp3) is 0.176. The molecule has 0 aliphatic carbocycles. The van der Waals surface area contributed by atoms with Gasteiger partial charge in [0.1, 0.15) is 17.6 Å². The van der Waals surface area contributed by atoms with Crippen molar-refractivity contribution in [3.63, 3.8) is 0 Å². The zero-order valence-corrected chi connectivity index (χ0v) is 14.4. The second kappa shape index (κ2) is 7.32. The first-order valence-corrected chi connectivity index (χ1v) is 8.86. The van der Waals surface area contributed by atoms with Gasteiger partial charge < -0.3 is 4.74 Å². The Kier molecular flexibility index (Phi) is 5.39. The average Bonchev–Trinajstić information content (AvgIpc) is 2.62. The van der Waals surface area contributed by atoms with E-state index in [1.165, 1.54) is 38.3 Å². The standard InChI is InChI=1S/C17H15FN2O4S/c1-3-25(22,23)20(16-9-6-14(18)10-13(16)11-19)17(21)12-4-7-15(24-2)8-5-12/h4-10H,3H2,1-2H3. The first kappa shape index (κ1) is 18.4. The van der Waals surface area contributed by atoms with E-state index in [-0.39, 0.29) is 22.6 Å². The number of ether oxygens (including phenoxy) is 1. The number of carbonyl (C=O) groups is 1. The van der Waals surface area contributed by atoms with Crippen LogP contribution in [0, 0.1) is 17.1 Å². The molecule has 25 heavy (non-hydrogen) atoms. The number of amides is 1. The van der Waals surface area contributed by atoms with Crippen molar-refractivity contribution in [2.24, 2.45) is 0 Å². The van der Waals surface area contributed by atoms with Gasteiger partial charge in [-0.1, -0.05) is 0 Å². The topological polar surface area (TPSA) is 87.5 Å². The third kappa shape index (κ3) is 3.78. The van der Waals surface area contributed by atoms with E-state index in [1.807, 2.05) is 0 Å². The van der Waals surface area contributed by atoms with Crippen LogP contribution >= 0.6 is 0 Å². The lowest BCUT2D eigenvalue weighted by Crippen LogP contribution is -2.38. The van der Waals surface area contributed by atoms with Crippen molar-refractivity contribution in [1.82, 2.24) is 0 Å². The quantitative estimate of drug-likeness (QED) is 0.816. The molecule has 0 aliphatic rings. The lowest BCUT2D eigenvalue weighted by Gasteiger charge is -2.23. The molecule has 0 aromatic heterocycles. The zero-order valence-electron chi connectivity index (χ0n) is 13.6. The Morgan fingerprint density at radius 3 is 2.40 bits per heavy atom. The fourth-order valence-corrected chi connectivity index (χ4v) is 3.22. The maximum absolute atomic E-state index is 13.4. The van der Waals surface area contributed by atoms with Crippen LogP contribution in [0.2, 0.25) is 0 Å². The summed E-state index contributed by atoms with van der Waals surface area (Å²) in [4.78, 5) is 12.8. The number of hydrogen-bond acceptors (Lipinski definition) is 5. The largest absolute Gasteiger partial charge is 0.497 e. The molecule has 130 valence electrons. The summed E-state index contributed by atoms with van der Waals surface area (Å²) in [5, 5.41) is 9.18. The Morgan fingerprint density at radius 1 is 1.24 bits per heavy atom. The highest BCUT2D eigenvalue weighted by Gasteiger charge is 2.31. The molecule has 0 saturated heterocycles. The van der Waals surface area contributed by atoms with E-state index >= 15 is 0 Å². The maximum atomic E-state index is 13.4. The lowest BCUT2D eigenvalue weighted by atomic mass is 10.1. The molecule has 2 aromatic carbocycles. The third-order valence-corrected chi connectivity index (χ3v) is 5.11. The van der Waals surface area contributed by atoms with Crippen molar-refractivity contribution in [2.45, 2.75) is 6.92 Å². The number of carbonyl (C=O) groups excluding carboxylic acids is 1. The molecule has 0 saturated carbocycles. The van der Waals surface area contributed by atoms with Crippen molar-refractivity contribution in [2.75, 3.05) is 17.2 Å². The second-order valence-corrected chi connectivity index (χ2v) is 7.08. The predicted octanol–water partition coefficient (Wildman–Crippen LogP) is 2.70. The van der Waals surface area contributed by atoms with Crippen molar-refractivity contribution in [1.29, 1.82) is 5.26 Å². The Bertz CT molecular complexity index is 934. The minimum Gasteiger partial charge on any atom is -0.497 e. The van der Waals surface area contributed by atoms with Gasteiger partial charge in [0.15, 0.2) is 0 Å². The SMILES string of the molecule is CCS(=O)(=O)N(C(=O)c1ccc(OC)cc1)c1ccc(F)cc1C#N. The number of nitriles is 1. The highest BCUT2D eigenvalue weighted by atomic mass is 32.2. The molecule has 0 spiro atoms. The van der Waals surface area contributed by atoms with Crippen LogP contribution in [0.3, 0.4) is 0 Å². The van der Waals surface area contributed by atoms with Gasteiger partial charge in [0.25, 0.3) is 5.91 Å². The van der Waals surface area contributed by atoms with Gasteiger partial charge in [-0.3, -0.25) is 4.79 Å². The molecule has 2 aromatic rings. The third-order valence-electron chi connectivity index (χ3n) is 3.46. The first-order valence-electron chi connectivity index (χ1n) is 7.25. The highest BCUT2D eigenvalue weighted by Crippen LogP contribution is 2.27.